The number of benzene rings is 3. The van der Waals surface area contributed by atoms with Crippen molar-refractivity contribution in [3.8, 4) is 17.2 Å². The molecule has 3 aromatic carbocycles. The Labute approximate surface area is 185 Å². The number of hydrogen-bond donors (Lipinski definition) is 2. The van der Waals surface area contributed by atoms with E-state index in [0.29, 0.717) is 5.56 Å². The highest BCUT2D eigenvalue weighted by atomic mass is 31.2. The summed E-state index contributed by atoms with van der Waals surface area (Å²) in [4.78, 5) is 34.2. The van der Waals surface area contributed by atoms with Crippen LogP contribution in [0.25, 0.3) is 0 Å². The van der Waals surface area contributed by atoms with Gasteiger partial charge in [-0.1, -0.05) is 36.4 Å². The fourth-order valence-electron chi connectivity index (χ4n) is 3.03. The molecule has 0 aliphatic heterocycles. The average Bonchev–Trinajstić information content (AvgIpc) is 2.71. The summed E-state index contributed by atoms with van der Waals surface area (Å²) < 4.78 is 28.2. The molecule has 0 spiro atoms. The first-order chi connectivity index (χ1) is 15.1. The Morgan fingerprint density at radius 1 is 0.906 bits per heavy atom. The molecule has 0 fully saturated rings. The van der Waals surface area contributed by atoms with E-state index in [1.807, 2.05) is 19.9 Å². The lowest BCUT2D eigenvalue weighted by molar-refractivity contribution is -0.119. The van der Waals surface area contributed by atoms with E-state index >= 15 is 0 Å². The first kappa shape index (κ1) is 23.1. The van der Waals surface area contributed by atoms with Gasteiger partial charge in [-0.05, 0) is 49.2 Å². The Hall–Kier alpha value is -3.61. The molecule has 1 unspecified atom stereocenters. The van der Waals surface area contributed by atoms with Crippen LogP contribution in [0.3, 0.4) is 0 Å². The third kappa shape index (κ3) is 6.20. The molecular weight excluding hydrogens is 433 g/mol. The van der Waals surface area contributed by atoms with Crippen LogP contribution < -0.4 is 19.5 Å². The Bertz CT molecular complexity index is 1170. The van der Waals surface area contributed by atoms with E-state index in [4.69, 9.17) is 19.5 Å². The molecule has 1 atom stereocenters. The van der Waals surface area contributed by atoms with Gasteiger partial charge in [-0.3, -0.25) is 14.5 Å². The van der Waals surface area contributed by atoms with Crippen LogP contribution in [0.2, 0.25) is 0 Å². The number of primary amides is 1. The molecule has 3 N–H and O–H groups in total. The van der Waals surface area contributed by atoms with Gasteiger partial charge < -0.3 is 19.5 Å². The van der Waals surface area contributed by atoms with Gasteiger partial charge in [0.15, 0.2) is 12.4 Å². The fraction of sp³-hybridized carbons (Fsp3) is 0.130. The molecular formula is C23H22NO7P. The standard InChI is InChI=1S/C23H22NO7P/c1-15-10-16(2)12-19(11-15)31-32(27,28)30-18-8-9-20(21(13-18)29-14-22(24)25)23(26)17-6-4-3-5-7-17/h3-13H,14H2,1-2H3,(H2,24,25)(H,27,28). The van der Waals surface area contributed by atoms with Crippen molar-refractivity contribution in [1.82, 2.24) is 0 Å². The predicted octanol–water partition coefficient (Wildman–Crippen LogP) is 3.96. The summed E-state index contributed by atoms with van der Waals surface area (Å²) in [5.74, 6) is -1.06. The molecule has 1 amide bonds. The highest BCUT2D eigenvalue weighted by molar-refractivity contribution is 7.48. The highest BCUT2D eigenvalue weighted by Gasteiger charge is 2.26. The molecule has 0 saturated heterocycles. The molecule has 0 heterocycles. The van der Waals surface area contributed by atoms with Crippen molar-refractivity contribution in [2.75, 3.05) is 6.61 Å². The molecule has 166 valence electrons. The van der Waals surface area contributed by atoms with Crippen molar-refractivity contribution in [3.05, 3.63) is 89.0 Å². The van der Waals surface area contributed by atoms with Crippen LogP contribution in [0.15, 0.2) is 66.7 Å². The van der Waals surface area contributed by atoms with Crippen LogP contribution in [0.1, 0.15) is 27.0 Å². The predicted molar refractivity (Wildman–Crippen MR) is 118 cm³/mol. The Balaban J connectivity index is 1.87. The van der Waals surface area contributed by atoms with E-state index in [0.717, 1.165) is 11.1 Å². The van der Waals surface area contributed by atoms with Crippen LogP contribution in [0.4, 0.5) is 0 Å². The van der Waals surface area contributed by atoms with Crippen molar-refractivity contribution in [2.24, 2.45) is 5.73 Å². The molecule has 8 nitrogen and oxygen atoms in total. The number of nitrogens with two attached hydrogens (primary N) is 1. The van der Waals surface area contributed by atoms with Crippen LogP contribution in [-0.4, -0.2) is 23.2 Å². The summed E-state index contributed by atoms with van der Waals surface area (Å²) in [6.07, 6.45) is 0. The maximum Gasteiger partial charge on any atom is 0.584 e. The minimum Gasteiger partial charge on any atom is -0.483 e. The highest BCUT2D eigenvalue weighted by Crippen LogP contribution is 2.45. The van der Waals surface area contributed by atoms with E-state index in [1.54, 1.807) is 42.5 Å². The van der Waals surface area contributed by atoms with Crippen LogP contribution in [0.5, 0.6) is 17.2 Å². The van der Waals surface area contributed by atoms with E-state index in [1.165, 1.54) is 18.2 Å². The summed E-state index contributed by atoms with van der Waals surface area (Å²) in [5, 5.41) is 0. The van der Waals surface area contributed by atoms with Gasteiger partial charge in [-0.25, -0.2) is 4.57 Å². The van der Waals surface area contributed by atoms with Gasteiger partial charge in [0, 0.05) is 11.6 Å². The van der Waals surface area contributed by atoms with E-state index in [2.05, 4.69) is 0 Å². The van der Waals surface area contributed by atoms with Gasteiger partial charge in [-0.2, -0.15) is 0 Å². The maximum atomic E-state index is 12.8. The molecule has 3 rings (SSSR count). The van der Waals surface area contributed by atoms with Gasteiger partial charge in [0.2, 0.25) is 0 Å². The van der Waals surface area contributed by atoms with Crippen molar-refractivity contribution in [3.63, 3.8) is 0 Å². The minimum atomic E-state index is -4.56. The Morgan fingerprint density at radius 2 is 1.53 bits per heavy atom. The number of ether oxygens (including phenoxy) is 1. The lowest BCUT2D eigenvalue weighted by Gasteiger charge is -2.16. The van der Waals surface area contributed by atoms with Gasteiger partial charge in [0.1, 0.15) is 17.2 Å². The molecule has 0 bridgehead atoms. The third-order valence-corrected chi connectivity index (χ3v) is 5.12. The second kappa shape index (κ2) is 9.68. The molecule has 3 aromatic rings. The van der Waals surface area contributed by atoms with Gasteiger partial charge in [-0.15, -0.1) is 0 Å². The number of rotatable bonds is 9. The SMILES string of the molecule is Cc1cc(C)cc(OP(=O)(O)Oc2ccc(C(=O)c3ccccc3)c(OCC(N)=O)c2)c1. The van der Waals surface area contributed by atoms with Gasteiger partial charge in [0.25, 0.3) is 5.91 Å². The summed E-state index contributed by atoms with van der Waals surface area (Å²) in [6, 6.07) is 17.5. The van der Waals surface area contributed by atoms with Crippen molar-refractivity contribution >= 4 is 19.5 Å². The van der Waals surface area contributed by atoms with Crippen molar-refractivity contribution in [2.45, 2.75) is 13.8 Å². The number of hydrogen-bond acceptors (Lipinski definition) is 6. The normalized spacial score (nSPS) is 12.5. The van der Waals surface area contributed by atoms with Crippen molar-refractivity contribution < 1.29 is 32.8 Å². The lowest BCUT2D eigenvalue weighted by Crippen LogP contribution is -2.21. The zero-order chi connectivity index (χ0) is 23.3. The summed E-state index contributed by atoms with van der Waals surface area (Å²) in [5.41, 5.74) is 7.38. The summed E-state index contributed by atoms with van der Waals surface area (Å²) in [7, 11) is -4.56. The zero-order valence-electron chi connectivity index (χ0n) is 17.5. The minimum absolute atomic E-state index is 0.0263. The van der Waals surface area contributed by atoms with E-state index in [9.17, 15) is 19.0 Å². The molecule has 0 aromatic heterocycles. The molecule has 0 aliphatic carbocycles. The summed E-state index contributed by atoms with van der Waals surface area (Å²) >= 11 is 0. The molecule has 32 heavy (non-hydrogen) atoms. The van der Waals surface area contributed by atoms with Crippen LogP contribution >= 0.6 is 7.82 Å². The van der Waals surface area contributed by atoms with Crippen LogP contribution in [0, 0.1) is 13.8 Å². The second-order valence-electron chi connectivity index (χ2n) is 7.08. The van der Waals surface area contributed by atoms with Crippen LogP contribution in [-0.2, 0) is 9.36 Å². The van der Waals surface area contributed by atoms with Gasteiger partial charge in [0.05, 0.1) is 5.56 Å². The quantitative estimate of drug-likeness (QED) is 0.370. The smallest absolute Gasteiger partial charge is 0.483 e. The first-order valence-corrected chi connectivity index (χ1v) is 11.1. The average molecular weight is 455 g/mol. The molecule has 0 aliphatic rings. The monoisotopic (exact) mass is 455 g/mol. The molecule has 0 radical (unpaired) electrons. The number of ketones is 1. The number of phosphoric acid groups is 1. The maximum absolute atomic E-state index is 12.8. The number of carbonyl (C=O) groups is 2. The lowest BCUT2D eigenvalue weighted by atomic mass is 10.0. The largest absolute Gasteiger partial charge is 0.584 e. The number of aryl methyl sites for hydroxylation is 2. The molecule has 0 saturated carbocycles. The summed E-state index contributed by atoms with van der Waals surface area (Å²) in [6.45, 7) is 3.16. The third-order valence-electron chi connectivity index (χ3n) is 4.24. The number of amides is 1. The molecule has 9 heteroatoms. The second-order valence-corrected chi connectivity index (χ2v) is 8.38. The number of phosphoric ester groups is 1. The fourth-order valence-corrected chi connectivity index (χ4v) is 3.82. The topological polar surface area (TPSA) is 125 Å². The van der Waals surface area contributed by atoms with Crippen molar-refractivity contribution in [1.29, 1.82) is 0 Å². The number of carbonyl (C=O) groups excluding carboxylic acids is 2. The Kier molecular flexibility index (Phi) is 6.98. The van der Waals surface area contributed by atoms with Gasteiger partial charge >= 0.3 is 7.82 Å². The zero-order valence-corrected chi connectivity index (χ0v) is 18.4. The first-order valence-electron chi connectivity index (χ1n) is 9.58. The Morgan fingerprint density at radius 3 is 2.16 bits per heavy atom. The van der Waals surface area contributed by atoms with E-state index < -0.39 is 20.3 Å². The van der Waals surface area contributed by atoms with E-state index in [-0.39, 0.29) is 28.6 Å².